The molecule has 0 saturated heterocycles. The first-order valence-electron chi connectivity index (χ1n) is 4.29. The van der Waals surface area contributed by atoms with Gasteiger partial charge in [0.25, 0.3) is 0 Å². The molecular weight excluding hydrogens is 242 g/mol. The first-order chi connectivity index (χ1) is 7.39. The number of halogens is 3. The van der Waals surface area contributed by atoms with Crippen molar-refractivity contribution < 1.29 is 23.4 Å². The summed E-state index contributed by atoms with van der Waals surface area (Å²) in [5.41, 5.74) is -0.111. The minimum absolute atomic E-state index is 0.111. The number of carbonyl (C=O) groups is 1. The highest BCUT2D eigenvalue weighted by molar-refractivity contribution is 6.30. The first kappa shape index (κ1) is 12.9. The van der Waals surface area contributed by atoms with E-state index in [0.29, 0.717) is 5.02 Å². The molecule has 0 aliphatic carbocycles. The van der Waals surface area contributed by atoms with E-state index in [9.17, 15) is 18.7 Å². The summed E-state index contributed by atoms with van der Waals surface area (Å²) in [4.78, 5) is 10.8. The van der Waals surface area contributed by atoms with Crippen LogP contribution in [0, 0.1) is 0 Å². The zero-order valence-corrected chi connectivity index (χ0v) is 9.04. The lowest BCUT2D eigenvalue weighted by molar-refractivity contribution is -0.186. The number of esters is 1. The van der Waals surface area contributed by atoms with E-state index in [-0.39, 0.29) is 5.56 Å². The molecule has 1 aromatic rings. The van der Waals surface area contributed by atoms with Crippen molar-refractivity contribution >= 4 is 17.6 Å². The van der Waals surface area contributed by atoms with Crippen molar-refractivity contribution in [1.82, 2.24) is 0 Å². The normalized spacial score (nSPS) is 13.3. The second-order valence-electron chi connectivity index (χ2n) is 3.07. The van der Waals surface area contributed by atoms with Crippen molar-refractivity contribution in [2.45, 2.75) is 12.0 Å². The molecule has 0 unspecified atom stereocenters. The summed E-state index contributed by atoms with van der Waals surface area (Å²) in [6, 6.07) is 5.11. The Hall–Kier alpha value is -1.20. The molecule has 0 fully saturated rings. The Bertz CT molecular complexity index is 378. The predicted molar refractivity (Wildman–Crippen MR) is 53.4 cm³/mol. The van der Waals surface area contributed by atoms with Gasteiger partial charge < -0.3 is 9.84 Å². The number of aliphatic hydroxyl groups is 1. The summed E-state index contributed by atoms with van der Waals surface area (Å²) in [5.74, 6) is -5.77. The summed E-state index contributed by atoms with van der Waals surface area (Å²) in [5, 5.41) is 9.69. The molecule has 0 saturated carbocycles. The molecule has 0 spiro atoms. The van der Waals surface area contributed by atoms with E-state index in [4.69, 9.17) is 11.6 Å². The smallest absolute Gasteiger partial charge is 0.379 e. The highest BCUT2D eigenvalue weighted by Crippen LogP contribution is 2.32. The molecule has 0 aliphatic heterocycles. The third-order valence-corrected chi connectivity index (χ3v) is 2.24. The SMILES string of the molecule is COC(=O)C(F)(F)[C@@H](O)c1ccc(Cl)cc1. The maximum atomic E-state index is 13.2. The predicted octanol–water partition coefficient (Wildman–Crippen LogP) is 2.18. The Morgan fingerprint density at radius 1 is 1.44 bits per heavy atom. The monoisotopic (exact) mass is 250 g/mol. The van der Waals surface area contributed by atoms with Gasteiger partial charge in [-0.15, -0.1) is 0 Å². The van der Waals surface area contributed by atoms with Crippen molar-refractivity contribution in [1.29, 1.82) is 0 Å². The van der Waals surface area contributed by atoms with Crippen LogP contribution in [0.2, 0.25) is 5.02 Å². The van der Waals surface area contributed by atoms with E-state index >= 15 is 0 Å². The fourth-order valence-electron chi connectivity index (χ4n) is 1.10. The standard InChI is InChI=1S/C10H9ClF2O3/c1-16-9(15)10(12,13)8(14)6-2-4-7(11)5-3-6/h2-5,8,14H,1H3/t8-/m0/s1. The van der Waals surface area contributed by atoms with Gasteiger partial charge in [-0.05, 0) is 17.7 Å². The second kappa shape index (κ2) is 4.76. The van der Waals surface area contributed by atoms with Crippen LogP contribution >= 0.6 is 11.6 Å². The number of ether oxygens (including phenoxy) is 1. The van der Waals surface area contributed by atoms with Crippen molar-refractivity contribution in [2.75, 3.05) is 7.11 Å². The molecule has 0 aliphatic rings. The zero-order valence-electron chi connectivity index (χ0n) is 8.28. The van der Waals surface area contributed by atoms with Crippen molar-refractivity contribution in [3.05, 3.63) is 34.9 Å². The van der Waals surface area contributed by atoms with Gasteiger partial charge in [0.1, 0.15) is 0 Å². The third kappa shape index (κ3) is 2.48. The fraction of sp³-hybridized carbons (Fsp3) is 0.300. The third-order valence-electron chi connectivity index (χ3n) is 1.99. The Balaban J connectivity index is 2.97. The summed E-state index contributed by atoms with van der Waals surface area (Å²) in [7, 11) is 0.824. The van der Waals surface area contributed by atoms with Gasteiger partial charge in [-0.1, -0.05) is 23.7 Å². The summed E-state index contributed by atoms with van der Waals surface area (Å²) in [6.45, 7) is 0. The van der Waals surface area contributed by atoms with Crippen LogP contribution in [0.4, 0.5) is 8.78 Å². The van der Waals surface area contributed by atoms with Crippen LogP contribution in [0.25, 0.3) is 0 Å². The van der Waals surface area contributed by atoms with Gasteiger partial charge in [0, 0.05) is 5.02 Å². The maximum absolute atomic E-state index is 13.2. The minimum atomic E-state index is -3.98. The van der Waals surface area contributed by atoms with Gasteiger partial charge in [0.05, 0.1) is 7.11 Å². The molecule has 0 amide bonds. The summed E-state index contributed by atoms with van der Waals surface area (Å²) in [6.07, 6.45) is -2.25. The average Bonchev–Trinajstić information content (AvgIpc) is 2.28. The van der Waals surface area contributed by atoms with Crippen molar-refractivity contribution in [2.24, 2.45) is 0 Å². The minimum Gasteiger partial charge on any atom is -0.464 e. The van der Waals surface area contributed by atoms with Crippen molar-refractivity contribution in [3.8, 4) is 0 Å². The molecule has 16 heavy (non-hydrogen) atoms. The molecule has 0 radical (unpaired) electrons. The van der Waals surface area contributed by atoms with Crippen LogP contribution in [0.3, 0.4) is 0 Å². The summed E-state index contributed by atoms with van der Waals surface area (Å²) < 4.78 is 30.4. The number of aliphatic hydroxyl groups excluding tert-OH is 1. The van der Waals surface area contributed by atoms with Crippen LogP contribution in [0.15, 0.2) is 24.3 Å². The highest BCUT2D eigenvalue weighted by Gasteiger charge is 2.48. The molecule has 1 N–H and O–H groups in total. The lowest BCUT2D eigenvalue weighted by atomic mass is 10.0. The van der Waals surface area contributed by atoms with Gasteiger partial charge in [-0.2, -0.15) is 8.78 Å². The first-order valence-corrected chi connectivity index (χ1v) is 4.67. The van der Waals surface area contributed by atoms with Gasteiger partial charge in [-0.25, -0.2) is 4.79 Å². The largest absolute Gasteiger partial charge is 0.464 e. The number of hydrogen-bond donors (Lipinski definition) is 1. The number of rotatable bonds is 3. The van der Waals surface area contributed by atoms with Gasteiger partial charge in [0.2, 0.25) is 0 Å². The molecule has 1 aromatic carbocycles. The molecule has 0 aromatic heterocycles. The maximum Gasteiger partial charge on any atom is 0.379 e. The van der Waals surface area contributed by atoms with E-state index in [1.54, 1.807) is 0 Å². The molecular formula is C10H9ClF2O3. The molecule has 6 heteroatoms. The number of carbonyl (C=O) groups excluding carboxylic acids is 1. The summed E-state index contributed by atoms with van der Waals surface area (Å²) >= 11 is 5.56. The number of alkyl halides is 2. The van der Waals surface area contributed by atoms with Gasteiger partial charge >= 0.3 is 11.9 Å². The second-order valence-corrected chi connectivity index (χ2v) is 3.51. The number of benzene rings is 1. The van der Waals surface area contributed by atoms with Crippen LogP contribution in [0.1, 0.15) is 11.7 Å². The molecule has 1 rings (SSSR count). The lowest BCUT2D eigenvalue weighted by Crippen LogP contribution is -2.36. The molecule has 0 heterocycles. The highest BCUT2D eigenvalue weighted by atomic mass is 35.5. The van der Waals surface area contributed by atoms with Crippen molar-refractivity contribution in [3.63, 3.8) is 0 Å². The van der Waals surface area contributed by atoms with Gasteiger partial charge in [0.15, 0.2) is 6.10 Å². The Morgan fingerprint density at radius 2 is 1.94 bits per heavy atom. The van der Waals surface area contributed by atoms with E-state index in [0.717, 1.165) is 7.11 Å². The van der Waals surface area contributed by atoms with Crippen LogP contribution in [-0.2, 0) is 9.53 Å². The Kier molecular flexibility index (Phi) is 3.83. The van der Waals surface area contributed by atoms with Crippen LogP contribution < -0.4 is 0 Å². The van der Waals surface area contributed by atoms with E-state index in [1.807, 2.05) is 0 Å². The zero-order chi connectivity index (χ0) is 12.3. The topological polar surface area (TPSA) is 46.5 Å². The molecule has 88 valence electrons. The average molecular weight is 251 g/mol. The number of hydrogen-bond acceptors (Lipinski definition) is 3. The van der Waals surface area contributed by atoms with E-state index in [1.165, 1.54) is 24.3 Å². The Labute approximate surface area is 95.6 Å². The molecule has 1 atom stereocenters. The Morgan fingerprint density at radius 3 is 2.38 bits per heavy atom. The van der Waals surface area contributed by atoms with E-state index < -0.39 is 18.0 Å². The lowest BCUT2D eigenvalue weighted by Gasteiger charge is -2.20. The molecule has 0 bridgehead atoms. The fourth-order valence-corrected chi connectivity index (χ4v) is 1.23. The number of methoxy groups -OCH3 is 1. The quantitative estimate of drug-likeness (QED) is 0.837. The van der Waals surface area contributed by atoms with Gasteiger partial charge in [-0.3, -0.25) is 0 Å². The molecule has 3 nitrogen and oxygen atoms in total. The van der Waals surface area contributed by atoms with E-state index in [2.05, 4.69) is 4.74 Å². The van der Waals surface area contributed by atoms with Crippen LogP contribution in [0.5, 0.6) is 0 Å². The van der Waals surface area contributed by atoms with Crippen LogP contribution in [-0.4, -0.2) is 24.1 Å².